The lowest BCUT2D eigenvalue weighted by molar-refractivity contribution is -0.138. The number of carboxylic acids is 1. The summed E-state index contributed by atoms with van der Waals surface area (Å²) in [5.41, 5.74) is 0.872. The molecule has 0 amide bonds. The Morgan fingerprint density at radius 1 is 1.56 bits per heavy atom. The molecule has 1 fully saturated rings. The minimum Gasteiger partial charge on any atom is -0.506 e. The predicted octanol–water partition coefficient (Wildman–Crippen LogP) is 1.83. The fourth-order valence-corrected chi connectivity index (χ4v) is 2.90. The van der Waals surface area contributed by atoms with Gasteiger partial charge in [0.25, 0.3) is 0 Å². The van der Waals surface area contributed by atoms with E-state index >= 15 is 0 Å². The van der Waals surface area contributed by atoms with E-state index in [4.69, 9.17) is 16.7 Å². The summed E-state index contributed by atoms with van der Waals surface area (Å²) in [5, 5.41) is 21.3. The lowest BCUT2D eigenvalue weighted by Crippen LogP contribution is -2.33. The summed E-state index contributed by atoms with van der Waals surface area (Å²) in [5.74, 6) is -0.290. The zero-order chi connectivity index (χ0) is 11.7. The summed E-state index contributed by atoms with van der Waals surface area (Å²) in [4.78, 5) is 10.8. The first kappa shape index (κ1) is 11.6. The number of hydrogen-bond acceptors (Lipinski definition) is 4. The van der Waals surface area contributed by atoms with Gasteiger partial charge in [-0.25, -0.2) is 0 Å². The van der Waals surface area contributed by atoms with Crippen LogP contribution in [0.3, 0.4) is 0 Å². The Hall–Kier alpha value is -0.910. The Kier molecular flexibility index (Phi) is 3.28. The van der Waals surface area contributed by atoms with Gasteiger partial charge in [0.2, 0.25) is 0 Å². The Balaban J connectivity index is 2.14. The van der Waals surface area contributed by atoms with Crippen molar-refractivity contribution in [3.8, 4) is 5.75 Å². The quantitative estimate of drug-likeness (QED) is 0.756. The van der Waals surface area contributed by atoms with Gasteiger partial charge in [-0.3, -0.25) is 10.1 Å². The van der Waals surface area contributed by atoms with Crippen molar-refractivity contribution in [1.82, 2.24) is 5.32 Å². The number of phenols is 1. The van der Waals surface area contributed by atoms with Gasteiger partial charge in [0.15, 0.2) is 0 Å². The number of thioether (sulfide) groups is 1. The molecule has 0 aliphatic carbocycles. The van der Waals surface area contributed by atoms with E-state index in [2.05, 4.69) is 5.32 Å². The monoisotopic (exact) mass is 259 g/mol. The van der Waals surface area contributed by atoms with Gasteiger partial charge in [0, 0.05) is 5.75 Å². The number of aliphatic carboxylic acids is 1. The molecule has 1 aliphatic heterocycles. The van der Waals surface area contributed by atoms with Gasteiger partial charge < -0.3 is 10.2 Å². The molecular formula is C10H10ClNO3S. The molecule has 1 heterocycles. The topological polar surface area (TPSA) is 69.6 Å². The molecule has 0 saturated carbocycles. The Morgan fingerprint density at radius 3 is 2.88 bits per heavy atom. The molecule has 1 aromatic carbocycles. The van der Waals surface area contributed by atoms with Crippen LogP contribution in [-0.2, 0) is 4.79 Å². The maximum Gasteiger partial charge on any atom is 0.321 e. The third-order valence-corrected chi connectivity index (χ3v) is 3.92. The van der Waals surface area contributed by atoms with Crippen LogP contribution in [-0.4, -0.2) is 28.0 Å². The number of benzene rings is 1. The summed E-state index contributed by atoms with van der Waals surface area (Å²) >= 11 is 7.30. The van der Waals surface area contributed by atoms with Crippen LogP contribution >= 0.6 is 23.4 Å². The second-order valence-electron chi connectivity index (χ2n) is 3.48. The maximum atomic E-state index is 10.8. The van der Waals surface area contributed by atoms with Crippen LogP contribution < -0.4 is 5.32 Å². The molecule has 1 aromatic rings. The van der Waals surface area contributed by atoms with E-state index in [0.29, 0.717) is 5.75 Å². The molecule has 2 rings (SSSR count). The van der Waals surface area contributed by atoms with Crippen molar-refractivity contribution >= 4 is 29.3 Å². The first-order chi connectivity index (χ1) is 7.58. The van der Waals surface area contributed by atoms with E-state index in [1.807, 2.05) is 0 Å². The lowest BCUT2D eigenvalue weighted by Gasteiger charge is -2.11. The van der Waals surface area contributed by atoms with E-state index in [9.17, 15) is 9.90 Å². The van der Waals surface area contributed by atoms with E-state index in [1.54, 1.807) is 12.1 Å². The zero-order valence-corrected chi connectivity index (χ0v) is 9.76. The molecule has 0 unspecified atom stereocenters. The van der Waals surface area contributed by atoms with Crippen LogP contribution in [0, 0.1) is 0 Å². The molecule has 1 saturated heterocycles. The zero-order valence-electron chi connectivity index (χ0n) is 8.18. The van der Waals surface area contributed by atoms with Gasteiger partial charge >= 0.3 is 5.97 Å². The highest BCUT2D eigenvalue weighted by atomic mass is 35.5. The van der Waals surface area contributed by atoms with Crippen molar-refractivity contribution in [3.05, 3.63) is 28.8 Å². The number of phenolic OH excluding ortho intramolecular Hbond substituents is 1. The van der Waals surface area contributed by atoms with Gasteiger partial charge in [-0.15, -0.1) is 11.8 Å². The van der Waals surface area contributed by atoms with E-state index in [-0.39, 0.29) is 16.1 Å². The van der Waals surface area contributed by atoms with Gasteiger partial charge in [-0.05, 0) is 17.7 Å². The van der Waals surface area contributed by atoms with Gasteiger partial charge in [0.1, 0.15) is 11.8 Å². The first-order valence-corrected chi connectivity index (χ1v) is 6.09. The number of halogens is 1. The number of carboxylic acid groups (broad SMARTS) is 1. The minimum atomic E-state index is -0.847. The summed E-state index contributed by atoms with van der Waals surface area (Å²) in [6, 6.07) is 4.36. The van der Waals surface area contributed by atoms with Gasteiger partial charge in [0.05, 0.1) is 10.4 Å². The number of carbonyl (C=O) groups is 1. The van der Waals surface area contributed by atoms with E-state index < -0.39 is 12.0 Å². The van der Waals surface area contributed by atoms with Crippen molar-refractivity contribution < 1.29 is 15.0 Å². The average Bonchev–Trinajstić information content (AvgIpc) is 2.71. The maximum absolute atomic E-state index is 10.8. The number of aromatic hydroxyl groups is 1. The fourth-order valence-electron chi connectivity index (χ4n) is 1.49. The van der Waals surface area contributed by atoms with Crippen LogP contribution in [0.2, 0.25) is 5.02 Å². The molecule has 4 nitrogen and oxygen atoms in total. The summed E-state index contributed by atoms with van der Waals surface area (Å²) in [7, 11) is 0. The van der Waals surface area contributed by atoms with Gasteiger partial charge in [-0.2, -0.15) is 0 Å². The molecule has 0 bridgehead atoms. The average molecular weight is 260 g/mol. The standard InChI is InChI=1S/C10H10ClNO3S/c11-6-3-5(1-2-8(6)13)9-12-7(4-16-9)10(14)15/h1-3,7,9,12-13H,4H2,(H,14,15)/t7-,9+/m0/s1. The normalized spacial score (nSPS) is 24.6. The van der Waals surface area contributed by atoms with Crippen molar-refractivity contribution in [2.24, 2.45) is 0 Å². The third kappa shape index (κ3) is 2.26. The van der Waals surface area contributed by atoms with Crippen LogP contribution in [0.25, 0.3) is 0 Å². The largest absolute Gasteiger partial charge is 0.506 e. The summed E-state index contributed by atoms with van der Waals surface area (Å²) in [6.45, 7) is 0. The number of rotatable bonds is 2. The molecule has 86 valence electrons. The molecule has 2 atom stereocenters. The van der Waals surface area contributed by atoms with Crippen molar-refractivity contribution in [2.75, 3.05) is 5.75 Å². The Bertz CT molecular complexity index is 427. The molecule has 0 aromatic heterocycles. The smallest absolute Gasteiger partial charge is 0.321 e. The Labute approximate surface area is 102 Å². The second-order valence-corrected chi connectivity index (χ2v) is 5.03. The molecule has 0 spiro atoms. The molecule has 3 N–H and O–H groups in total. The van der Waals surface area contributed by atoms with E-state index in [1.165, 1.54) is 17.8 Å². The van der Waals surface area contributed by atoms with Crippen molar-refractivity contribution in [1.29, 1.82) is 0 Å². The Morgan fingerprint density at radius 2 is 2.31 bits per heavy atom. The molecular weight excluding hydrogens is 250 g/mol. The molecule has 16 heavy (non-hydrogen) atoms. The molecule has 6 heteroatoms. The first-order valence-electron chi connectivity index (χ1n) is 4.67. The highest BCUT2D eigenvalue weighted by Crippen LogP contribution is 2.35. The van der Waals surface area contributed by atoms with Crippen LogP contribution in [0.5, 0.6) is 5.75 Å². The summed E-state index contributed by atoms with van der Waals surface area (Å²) in [6.07, 6.45) is 0. The second kappa shape index (κ2) is 4.53. The minimum absolute atomic E-state index is 0.0307. The fraction of sp³-hybridized carbons (Fsp3) is 0.300. The van der Waals surface area contributed by atoms with Gasteiger partial charge in [-0.1, -0.05) is 17.7 Å². The lowest BCUT2D eigenvalue weighted by atomic mass is 10.2. The van der Waals surface area contributed by atoms with Crippen LogP contribution in [0.15, 0.2) is 18.2 Å². The van der Waals surface area contributed by atoms with E-state index in [0.717, 1.165) is 5.56 Å². The van der Waals surface area contributed by atoms with Crippen LogP contribution in [0.4, 0.5) is 0 Å². The van der Waals surface area contributed by atoms with Crippen molar-refractivity contribution in [2.45, 2.75) is 11.4 Å². The number of nitrogens with one attached hydrogen (secondary N) is 1. The third-order valence-electron chi connectivity index (χ3n) is 2.35. The SMILES string of the molecule is O=C(O)[C@@H]1CS[C@H](c2ccc(O)c(Cl)c2)N1. The van der Waals surface area contributed by atoms with Crippen molar-refractivity contribution in [3.63, 3.8) is 0 Å². The molecule has 1 aliphatic rings. The predicted molar refractivity (Wildman–Crippen MR) is 62.9 cm³/mol. The van der Waals surface area contributed by atoms with Crippen LogP contribution in [0.1, 0.15) is 10.9 Å². The molecule has 0 radical (unpaired) electrons. The highest BCUT2D eigenvalue weighted by molar-refractivity contribution is 7.99. The number of hydrogen-bond donors (Lipinski definition) is 3. The summed E-state index contributed by atoms with van der Waals surface area (Å²) < 4.78 is 0. The highest BCUT2D eigenvalue weighted by Gasteiger charge is 2.30.